The summed E-state index contributed by atoms with van der Waals surface area (Å²) in [5.41, 5.74) is -0.177. The van der Waals surface area contributed by atoms with E-state index in [2.05, 4.69) is 32.7 Å². The Balaban J connectivity index is 2.56. The van der Waals surface area contributed by atoms with Crippen LogP contribution in [0, 0.1) is 9.12 Å². The van der Waals surface area contributed by atoms with Crippen LogP contribution < -0.4 is 0 Å². The van der Waals surface area contributed by atoms with Crippen LogP contribution in [0.3, 0.4) is 0 Å². The van der Waals surface area contributed by atoms with Gasteiger partial charge in [-0.15, -0.1) is 0 Å². The van der Waals surface area contributed by atoms with Crippen molar-refractivity contribution in [2.24, 2.45) is 5.41 Å². The Bertz CT molecular complexity index is 695. The number of ether oxygens (including phenoxy) is 1. The molecule has 0 aliphatic heterocycles. The topological polar surface area (TPSA) is 57.0 Å². The van der Waals surface area contributed by atoms with Gasteiger partial charge in [-0.3, -0.25) is 0 Å². The highest BCUT2D eigenvalue weighted by atomic mass is 127. The number of fused-ring (bicyclic) bond motifs is 1. The number of carbonyl (C=O) groups excluding carboxylic acids is 1. The third kappa shape index (κ3) is 3.59. The van der Waals surface area contributed by atoms with Crippen molar-refractivity contribution in [2.45, 2.75) is 53.2 Å². The number of carbonyl (C=O) groups is 1. The van der Waals surface area contributed by atoms with Crippen molar-refractivity contribution in [3.63, 3.8) is 0 Å². The van der Waals surface area contributed by atoms with E-state index in [0.717, 1.165) is 9.09 Å². The molecule has 0 aliphatic carbocycles. The molecule has 2 rings (SSSR count). The molecule has 6 heteroatoms. The van der Waals surface area contributed by atoms with E-state index in [-0.39, 0.29) is 11.4 Å². The van der Waals surface area contributed by atoms with E-state index in [1.54, 1.807) is 10.9 Å². The number of halogens is 1. The molecule has 0 N–H and O–H groups in total. The smallest absolute Gasteiger partial charge is 0.332 e. The lowest BCUT2D eigenvalue weighted by atomic mass is 9.86. The fraction of sp³-hybridized carbons (Fsp3) is 0.562. The number of aromatic nitrogens is 3. The molecule has 2 aromatic rings. The average Bonchev–Trinajstić information content (AvgIpc) is 2.63. The zero-order chi connectivity index (χ0) is 16.7. The SMILES string of the molecule is CC(C)(C)OC(=O)C(n1nc(I)c2cccnc21)C(C)(C)C. The first-order valence-corrected chi connectivity index (χ1v) is 8.30. The zero-order valence-corrected chi connectivity index (χ0v) is 16.0. The molecule has 0 aliphatic rings. The summed E-state index contributed by atoms with van der Waals surface area (Å²) in [6.07, 6.45) is 1.71. The predicted molar refractivity (Wildman–Crippen MR) is 94.6 cm³/mol. The molecule has 2 aromatic heterocycles. The van der Waals surface area contributed by atoms with Crippen molar-refractivity contribution in [1.29, 1.82) is 0 Å². The van der Waals surface area contributed by atoms with Crippen LogP contribution in [0.4, 0.5) is 0 Å². The molecule has 0 bridgehead atoms. The molecule has 0 saturated carbocycles. The van der Waals surface area contributed by atoms with Crippen LogP contribution in [0.25, 0.3) is 11.0 Å². The van der Waals surface area contributed by atoms with Crippen LogP contribution in [0.5, 0.6) is 0 Å². The molecule has 0 aromatic carbocycles. The van der Waals surface area contributed by atoms with Gasteiger partial charge in [0, 0.05) is 6.20 Å². The second-order valence-corrected chi connectivity index (χ2v) is 8.43. The number of esters is 1. The van der Waals surface area contributed by atoms with E-state index >= 15 is 0 Å². The zero-order valence-electron chi connectivity index (χ0n) is 13.8. The lowest BCUT2D eigenvalue weighted by Crippen LogP contribution is -2.37. The van der Waals surface area contributed by atoms with Gasteiger partial charge in [-0.25, -0.2) is 14.5 Å². The van der Waals surface area contributed by atoms with Crippen molar-refractivity contribution < 1.29 is 9.53 Å². The molecular formula is C16H22IN3O2. The quantitative estimate of drug-likeness (QED) is 0.551. The maximum Gasteiger partial charge on any atom is 0.332 e. The molecule has 2 heterocycles. The molecule has 0 fully saturated rings. The highest BCUT2D eigenvalue weighted by molar-refractivity contribution is 14.1. The van der Waals surface area contributed by atoms with Gasteiger partial charge in [0.15, 0.2) is 11.7 Å². The Kier molecular flexibility index (Phi) is 4.52. The molecule has 1 atom stereocenters. The summed E-state index contributed by atoms with van der Waals surface area (Å²) in [7, 11) is 0. The fourth-order valence-corrected chi connectivity index (χ4v) is 2.95. The van der Waals surface area contributed by atoms with Gasteiger partial charge in [0.2, 0.25) is 0 Å². The van der Waals surface area contributed by atoms with Gasteiger partial charge >= 0.3 is 5.97 Å². The Morgan fingerprint density at radius 1 is 1.27 bits per heavy atom. The minimum absolute atomic E-state index is 0.286. The molecule has 0 saturated heterocycles. The minimum atomic E-state index is -0.538. The first-order valence-electron chi connectivity index (χ1n) is 7.22. The van der Waals surface area contributed by atoms with Crippen LogP contribution in [0.1, 0.15) is 47.6 Å². The van der Waals surface area contributed by atoms with E-state index in [1.165, 1.54) is 0 Å². The number of hydrogen-bond donors (Lipinski definition) is 0. The fourth-order valence-electron chi connectivity index (χ4n) is 2.29. The Hall–Kier alpha value is -1.18. The van der Waals surface area contributed by atoms with Gasteiger partial charge in [-0.2, -0.15) is 5.10 Å². The monoisotopic (exact) mass is 415 g/mol. The standard InChI is InChI=1S/C16H22IN3O2/c1-15(2,3)11(14(21)22-16(4,5)6)20-13-10(12(17)19-20)8-7-9-18-13/h7-9,11H,1-6H3. The molecule has 0 radical (unpaired) electrons. The number of pyridine rings is 1. The maximum atomic E-state index is 12.7. The summed E-state index contributed by atoms with van der Waals surface area (Å²) in [6, 6.07) is 3.30. The maximum absolute atomic E-state index is 12.7. The highest BCUT2D eigenvalue weighted by Crippen LogP contribution is 2.35. The van der Waals surface area contributed by atoms with Crippen molar-refractivity contribution in [2.75, 3.05) is 0 Å². The van der Waals surface area contributed by atoms with E-state index in [0.29, 0.717) is 5.65 Å². The lowest BCUT2D eigenvalue weighted by Gasteiger charge is -2.32. The van der Waals surface area contributed by atoms with E-state index < -0.39 is 11.6 Å². The van der Waals surface area contributed by atoms with Gasteiger partial charge in [0.1, 0.15) is 9.30 Å². The molecule has 22 heavy (non-hydrogen) atoms. The largest absolute Gasteiger partial charge is 0.458 e. The normalized spacial score (nSPS) is 14.1. The third-order valence-electron chi connectivity index (χ3n) is 3.12. The van der Waals surface area contributed by atoms with Gasteiger partial charge in [-0.05, 0) is 60.9 Å². The Morgan fingerprint density at radius 2 is 1.91 bits per heavy atom. The average molecular weight is 415 g/mol. The molecule has 0 spiro atoms. The van der Waals surface area contributed by atoms with E-state index in [9.17, 15) is 4.79 Å². The van der Waals surface area contributed by atoms with Crippen LogP contribution in [0.15, 0.2) is 18.3 Å². The van der Waals surface area contributed by atoms with Gasteiger partial charge in [0.25, 0.3) is 0 Å². The molecular weight excluding hydrogens is 393 g/mol. The van der Waals surface area contributed by atoms with Crippen LogP contribution in [-0.4, -0.2) is 26.3 Å². The van der Waals surface area contributed by atoms with Crippen LogP contribution in [-0.2, 0) is 9.53 Å². The second kappa shape index (κ2) is 5.79. The number of nitrogens with zero attached hydrogens (tertiary/aromatic N) is 3. The van der Waals surface area contributed by atoms with Crippen molar-refractivity contribution in [3.05, 3.63) is 22.0 Å². The van der Waals surface area contributed by atoms with Crippen LogP contribution in [0.2, 0.25) is 0 Å². The molecule has 120 valence electrons. The lowest BCUT2D eigenvalue weighted by molar-refractivity contribution is -0.163. The summed E-state index contributed by atoms with van der Waals surface area (Å²) in [6.45, 7) is 11.6. The van der Waals surface area contributed by atoms with Crippen molar-refractivity contribution >= 4 is 39.6 Å². The minimum Gasteiger partial charge on any atom is -0.458 e. The third-order valence-corrected chi connectivity index (χ3v) is 3.91. The molecule has 5 nitrogen and oxygen atoms in total. The number of hydrogen-bond acceptors (Lipinski definition) is 4. The number of rotatable bonds is 2. The summed E-state index contributed by atoms with van der Waals surface area (Å²) in [4.78, 5) is 17.1. The molecule has 1 unspecified atom stereocenters. The van der Waals surface area contributed by atoms with Crippen molar-refractivity contribution in [1.82, 2.24) is 14.8 Å². The van der Waals surface area contributed by atoms with Gasteiger partial charge < -0.3 is 4.74 Å². The first kappa shape index (κ1) is 17.2. The van der Waals surface area contributed by atoms with Crippen LogP contribution >= 0.6 is 22.6 Å². The summed E-state index contributed by atoms with van der Waals surface area (Å²) < 4.78 is 8.14. The highest BCUT2D eigenvalue weighted by Gasteiger charge is 2.38. The van der Waals surface area contributed by atoms with E-state index in [1.807, 2.05) is 53.7 Å². The summed E-state index contributed by atoms with van der Waals surface area (Å²) in [5, 5.41) is 5.49. The second-order valence-electron chi connectivity index (χ2n) is 7.41. The Morgan fingerprint density at radius 3 is 2.45 bits per heavy atom. The predicted octanol–water partition coefficient (Wildman–Crippen LogP) is 3.96. The van der Waals surface area contributed by atoms with Crippen molar-refractivity contribution in [3.8, 4) is 0 Å². The summed E-state index contributed by atoms with van der Waals surface area (Å²) in [5.74, 6) is -0.286. The van der Waals surface area contributed by atoms with E-state index in [4.69, 9.17) is 4.74 Å². The van der Waals surface area contributed by atoms with Gasteiger partial charge in [0.05, 0.1) is 5.39 Å². The summed E-state index contributed by atoms with van der Waals surface area (Å²) >= 11 is 2.17. The van der Waals surface area contributed by atoms with Gasteiger partial charge in [-0.1, -0.05) is 20.8 Å². The molecule has 0 amide bonds. The first-order chi connectivity index (χ1) is 10.0. The Labute approximate surface area is 144 Å².